The Balaban J connectivity index is 1.44. The molecular weight excluding hydrogens is 466 g/mol. The Morgan fingerprint density at radius 3 is 2.57 bits per heavy atom. The number of aromatic nitrogens is 1. The molecule has 0 unspecified atom stereocenters. The lowest BCUT2D eigenvalue weighted by molar-refractivity contribution is -0.124. The molecule has 1 N–H and O–H groups in total. The van der Waals surface area contributed by atoms with E-state index in [4.69, 9.17) is 9.47 Å². The van der Waals surface area contributed by atoms with Crippen LogP contribution in [0.4, 0.5) is 0 Å². The van der Waals surface area contributed by atoms with Crippen molar-refractivity contribution < 1.29 is 22.7 Å². The van der Waals surface area contributed by atoms with Crippen molar-refractivity contribution in [3.8, 4) is 11.5 Å². The van der Waals surface area contributed by atoms with Crippen molar-refractivity contribution in [1.29, 1.82) is 0 Å². The van der Waals surface area contributed by atoms with E-state index in [9.17, 15) is 13.2 Å². The van der Waals surface area contributed by atoms with E-state index in [0.717, 1.165) is 11.1 Å². The zero-order valence-electron chi connectivity index (χ0n) is 19.8. The van der Waals surface area contributed by atoms with Gasteiger partial charge in [0.25, 0.3) is 0 Å². The molecule has 1 aliphatic rings. The molecule has 1 aromatic heterocycles. The lowest BCUT2D eigenvalue weighted by Gasteiger charge is -2.25. The molecule has 1 fully saturated rings. The molecule has 0 radical (unpaired) electrons. The summed E-state index contributed by atoms with van der Waals surface area (Å²) in [6, 6.07) is 16.4. The number of carbonyl (C=O) groups is 1. The molecule has 2 heterocycles. The maximum Gasteiger partial charge on any atom is 0.243 e. The van der Waals surface area contributed by atoms with Crippen molar-refractivity contribution >= 4 is 15.9 Å². The summed E-state index contributed by atoms with van der Waals surface area (Å²) in [6.07, 6.45) is 4.53. The van der Waals surface area contributed by atoms with Crippen LogP contribution in [-0.4, -0.2) is 43.3 Å². The first-order chi connectivity index (χ1) is 16.9. The first-order valence-electron chi connectivity index (χ1n) is 11.5. The second-order valence-electron chi connectivity index (χ2n) is 8.37. The lowest BCUT2D eigenvalue weighted by atomic mass is 10.1. The number of pyridine rings is 1. The average Bonchev–Trinajstić information content (AvgIpc) is 3.40. The molecule has 1 aliphatic heterocycles. The molecule has 0 bridgehead atoms. The van der Waals surface area contributed by atoms with Gasteiger partial charge in [0.15, 0.2) is 11.5 Å². The maximum absolute atomic E-state index is 13.1. The molecule has 0 saturated carbocycles. The van der Waals surface area contributed by atoms with E-state index in [1.54, 1.807) is 55.9 Å². The number of rotatable bonds is 9. The Hall–Kier alpha value is -3.43. The summed E-state index contributed by atoms with van der Waals surface area (Å²) in [7, 11) is -2.18. The van der Waals surface area contributed by atoms with Crippen molar-refractivity contribution in [2.24, 2.45) is 0 Å². The lowest BCUT2D eigenvalue weighted by Crippen LogP contribution is -2.46. The Labute approximate surface area is 206 Å². The zero-order chi connectivity index (χ0) is 24.8. The fourth-order valence-electron chi connectivity index (χ4n) is 4.12. The van der Waals surface area contributed by atoms with Crippen molar-refractivity contribution in [2.45, 2.75) is 43.4 Å². The monoisotopic (exact) mass is 495 g/mol. The SMILES string of the molecule is COc1cc([C@H](C)NC(=O)[C@H]2CCCN2S(=O)(=O)c2ccccc2)ccc1OCc1ccncc1. The Kier molecular flexibility index (Phi) is 7.67. The highest BCUT2D eigenvalue weighted by Gasteiger charge is 2.39. The Morgan fingerprint density at radius 1 is 1.11 bits per heavy atom. The summed E-state index contributed by atoms with van der Waals surface area (Å²) in [5.74, 6) is 0.820. The second-order valence-corrected chi connectivity index (χ2v) is 10.3. The first kappa shape index (κ1) is 24.7. The molecule has 2 atom stereocenters. The second kappa shape index (κ2) is 10.9. The van der Waals surface area contributed by atoms with Gasteiger partial charge in [-0.15, -0.1) is 0 Å². The normalized spacial score (nSPS) is 17.0. The first-order valence-corrected chi connectivity index (χ1v) is 12.9. The van der Waals surface area contributed by atoms with Gasteiger partial charge in [0, 0.05) is 18.9 Å². The van der Waals surface area contributed by atoms with Crippen LogP contribution in [0.3, 0.4) is 0 Å². The van der Waals surface area contributed by atoms with Crippen LogP contribution in [0, 0.1) is 0 Å². The molecule has 3 aromatic rings. The fourth-order valence-corrected chi connectivity index (χ4v) is 5.80. The molecule has 8 nitrogen and oxygen atoms in total. The molecule has 184 valence electrons. The van der Waals surface area contributed by atoms with E-state index in [1.807, 2.05) is 31.2 Å². The molecule has 1 amide bonds. The molecule has 35 heavy (non-hydrogen) atoms. The number of carbonyl (C=O) groups excluding carboxylic acids is 1. The van der Waals surface area contributed by atoms with Gasteiger partial charge in [-0.1, -0.05) is 24.3 Å². The van der Waals surface area contributed by atoms with Crippen LogP contribution in [0.25, 0.3) is 0 Å². The highest BCUT2D eigenvalue weighted by Crippen LogP contribution is 2.32. The van der Waals surface area contributed by atoms with E-state index in [2.05, 4.69) is 10.3 Å². The van der Waals surface area contributed by atoms with Gasteiger partial charge >= 0.3 is 0 Å². The predicted octanol–water partition coefficient (Wildman–Crippen LogP) is 3.70. The highest BCUT2D eigenvalue weighted by molar-refractivity contribution is 7.89. The van der Waals surface area contributed by atoms with E-state index >= 15 is 0 Å². The van der Waals surface area contributed by atoms with Crippen LogP contribution < -0.4 is 14.8 Å². The third-order valence-electron chi connectivity index (χ3n) is 6.05. The summed E-state index contributed by atoms with van der Waals surface area (Å²) in [4.78, 5) is 17.3. The summed E-state index contributed by atoms with van der Waals surface area (Å²) in [5.41, 5.74) is 1.81. The fraction of sp³-hybridized carbons (Fsp3) is 0.308. The van der Waals surface area contributed by atoms with Gasteiger partial charge in [0.1, 0.15) is 12.6 Å². The quantitative estimate of drug-likeness (QED) is 0.486. The van der Waals surface area contributed by atoms with Gasteiger partial charge in [0.05, 0.1) is 18.0 Å². The standard InChI is InChI=1S/C26H29N3O5S/c1-19(21-10-11-24(25(17-21)33-2)34-18-20-12-14-27-15-13-20)28-26(30)23-9-6-16-29(23)35(31,32)22-7-4-3-5-8-22/h3-5,7-8,10-15,17,19,23H,6,9,16,18H2,1-2H3,(H,28,30)/t19-,23+/m0/s1. The van der Waals surface area contributed by atoms with Crippen molar-refractivity contribution in [3.05, 3.63) is 84.2 Å². The molecular formula is C26H29N3O5S. The number of hydrogen-bond donors (Lipinski definition) is 1. The van der Waals surface area contributed by atoms with Crippen LogP contribution in [0.1, 0.15) is 36.9 Å². The van der Waals surface area contributed by atoms with Crippen LogP contribution in [0.2, 0.25) is 0 Å². The minimum absolute atomic E-state index is 0.194. The number of ether oxygens (including phenoxy) is 2. The predicted molar refractivity (Wildman–Crippen MR) is 131 cm³/mol. The number of amides is 1. The smallest absolute Gasteiger partial charge is 0.243 e. The van der Waals surface area contributed by atoms with Gasteiger partial charge in [0.2, 0.25) is 15.9 Å². The Morgan fingerprint density at radius 2 is 1.86 bits per heavy atom. The number of nitrogens with one attached hydrogen (secondary N) is 1. The van der Waals surface area contributed by atoms with Gasteiger partial charge in [-0.3, -0.25) is 9.78 Å². The molecule has 9 heteroatoms. The Bertz CT molecular complexity index is 1250. The van der Waals surface area contributed by atoms with Crippen LogP contribution in [0.15, 0.2) is 78.0 Å². The van der Waals surface area contributed by atoms with E-state index in [-0.39, 0.29) is 16.8 Å². The van der Waals surface area contributed by atoms with Gasteiger partial charge in [-0.2, -0.15) is 4.31 Å². The number of hydrogen-bond acceptors (Lipinski definition) is 6. The van der Waals surface area contributed by atoms with Gasteiger partial charge < -0.3 is 14.8 Å². The molecule has 0 aliphatic carbocycles. The van der Waals surface area contributed by atoms with Crippen molar-refractivity contribution in [1.82, 2.24) is 14.6 Å². The van der Waals surface area contributed by atoms with Crippen LogP contribution in [0.5, 0.6) is 11.5 Å². The topological polar surface area (TPSA) is 97.8 Å². The summed E-state index contributed by atoms with van der Waals surface area (Å²) in [6.45, 7) is 2.55. The van der Waals surface area contributed by atoms with Crippen molar-refractivity contribution in [2.75, 3.05) is 13.7 Å². The third kappa shape index (κ3) is 5.63. The van der Waals surface area contributed by atoms with E-state index in [1.165, 1.54) is 4.31 Å². The molecule has 1 saturated heterocycles. The molecule has 4 rings (SSSR count). The number of nitrogens with zero attached hydrogens (tertiary/aromatic N) is 2. The average molecular weight is 496 g/mol. The molecule has 0 spiro atoms. The number of benzene rings is 2. The molecule has 2 aromatic carbocycles. The van der Waals surface area contributed by atoms with Crippen LogP contribution in [-0.2, 0) is 21.4 Å². The number of sulfonamides is 1. The third-order valence-corrected chi connectivity index (χ3v) is 7.97. The minimum atomic E-state index is -3.75. The van der Waals surface area contributed by atoms with E-state index < -0.39 is 16.1 Å². The van der Waals surface area contributed by atoms with Crippen LogP contribution >= 0.6 is 0 Å². The van der Waals surface area contributed by atoms with Gasteiger partial charge in [-0.25, -0.2) is 8.42 Å². The van der Waals surface area contributed by atoms with E-state index in [0.29, 0.717) is 37.5 Å². The largest absolute Gasteiger partial charge is 0.493 e. The van der Waals surface area contributed by atoms with Crippen molar-refractivity contribution in [3.63, 3.8) is 0 Å². The summed E-state index contributed by atoms with van der Waals surface area (Å²) >= 11 is 0. The minimum Gasteiger partial charge on any atom is -0.493 e. The van der Waals surface area contributed by atoms with Gasteiger partial charge in [-0.05, 0) is 67.3 Å². The number of methoxy groups -OCH3 is 1. The maximum atomic E-state index is 13.1. The highest BCUT2D eigenvalue weighted by atomic mass is 32.2. The summed E-state index contributed by atoms with van der Waals surface area (Å²) in [5, 5.41) is 2.97. The zero-order valence-corrected chi connectivity index (χ0v) is 20.6. The summed E-state index contributed by atoms with van der Waals surface area (Å²) < 4.78 is 38.9.